The Labute approximate surface area is 189 Å². The minimum Gasteiger partial charge on any atom is -0.325 e. The molecule has 0 saturated carbocycles. The molecule has 0 saturated heterocycles. The molecule has 0 aliphatic rings. The van der Waals surface area contributed by atoms with E-state index in [2.05, 4.69) is 92.0 Å². The molecule has 0 spiro atoms. The van der Waals surface area contributed by atoms with Crippen LogP contribution < -0.4 is 5.32 Å². The van der Waals surface area contributed by atoms with Crippen LogP contribution in [0.15, 0.2) is 47.6 Å². The van der Waals surface area contributed by atoms with Crippen LogP contribution in [0.25, 0.3) is 11.4 Å². The number of aryl methyl sites for hydroxylation is 1. The van der Waals surface area contributed by atoms with Crippen LogP contribution in [0.4, 0.5) is 5.69 Å². The number of amides is 1. The summed E-state index contributed by atoms with van der Waals surface area (Å²) in [6, 6.07) is 14.5. The van der Waals surface area contributed by atoms with Gasteiger partial charge in [0, 0.05) is 17.8 Å². The molecule has 1 amide bonds. The van der Waals surface area contributed by atoms with Crippen molar-refractivity contribution in [2.75, 3.05) is 11.1 Å². The van der Waals surface area contributed by atoms with E-state index in [-0.39, 0.29) is 11.7 Å². The number of hydrogen-bond acceptors (Lipinski definition) is 4. The number of carbonyl (C=O) groups is 1. The molecule has 0 atom stereocenters. The van der Waals surface area contributed by atoms with Crippen molar-refractivity contribution in [2.45, 2.75) is 65.1 Å². The number of benzene rings is 2. The summed E-state index contributed by atoms with van der Waals surface area (Å²) in [5.41, 5.74) is 5.51. The molecule has 2 aromatic carbocycles. The van der Waals surface area contributed by atoms with Crippen LogP contribution in [0, 0.1) is 6.92 Å². The van der Waals surface area contributed by atoms with E-state index in [9.17, 15) is 4.79 Å². The van der Waals surface area contributed by atoms with E-state index in [1.165, 1.54) is 28.5 Å². The van der Waals surface area contributed by atoms with Crippen molar-refractivity contribution in [3.63, 3.8) is 0 Å². The molecule has 31 heavy (non-hydrogen) atoms. The first-order valence-corrected chi connectivity index (χ1v) is 11.9. The van der Waals surface area contributed by atoms with Gasteiger partial charge in [-0.05, 0) is 42.9 Å². The molecule has 0 radical (unpaired) electrons. The maximum Gasteiger partial charge on any atom is 0.234 e. The Hall–Kier alpha value is -2.60. The van der Waals surface area contributed by atoms with Crippen LogP contribution in [-0.4, -0.2) is 26.4 Å². The van der Waals surface area contributed by atoms with E-state index >= 15 is 0 Å². The van der Waals surface area contributed by atoms with Crippen LogP contribution in [0.1, 0.15) is 63.1 Å². The van der Waals surface area contributed by atoms with Gasteiger partial charge in [-0.1, -0.05) is 81.4 Å². The van der Waals surface area contributed by atoms with E-state index in [4.69, 9.17) is 0 Å². The number of aromatic nitrogens is 3. The van der Waals surface area contributed by atoms with E-state index < -0.39 is 0 Å². The molecule has 3 aromatic rings. The van der Waals surface area contributed by atoms with Crippen molar-refractivity contribution in [1.82, 2.24) is 14.8 Å². The Morgan fingerprint density at radius 1 is 1.03 bits per heavy atom. The molecule has 5 nitrogen and oxygen atoms in total. The molecule has 1 heterocycles. The Balaban J connectivity index is 1.77. The highest BCUT2D eigenvalue weighted by atomic mass is 32.2. The number of hydrogen-bond donors (Lipinski definition) is 1. The zero-order valence-corrected chi connectivity index (χ0v) is 20.1. The highest BCUT2D eigenvalue weighted by Crippen LogP contribution is 2.33. The second-order valence-electron chi connectivity index (χ2n) is 8.38. The molecule has 0 unspecified atom stereocenters. The molecule has 0 bridgehead atoms. The third-order valence-corrected chi connectivity index (χ3v) is 6.25. The van der Waals surface area contributed by atoms with E-state index in [1.54, 1.807) is 0 Å². The van der Waals surface area contributed by atoms with Crippen LogP contribution >= 0.6 is 11.8 Å². The zero-order chi connectivity index (χ0) is 22.5. The van der Waals surface area contributed by atoms with Gasteiger partial charge in [0.2, 0.25) is 5.91 Å². The summed E-state index contributed by atoms with van der Waals surface area (Å²) in [4.78, 5) is 12.9. The molecular weight excluding hydrogens is 404 g/mol. The largest absolute Gasteiger partial charge is 0.325 e. The highest BCUT2D eigenvalue weighted by Gasteiger charge is 2.18. The van der Waals surface area contributed by atoms with Gasteiger partial charge in [-0.2, -0.15) is 0 Å². The maximum atomic E-state index is 12.9. The average Bonchev–Trinajstić information content (AvgIpc) is 3.15. The predicted molar refractivity (Wildman–Crippen MR) is 130 cm³/mol. The van der Waals surface area contributed by atoms with Gasteiger partial charge >= 0.3 is 0 Å². The van der Waals surface area contributed by atoms with Gasteiger partial charge in [-0.15, -0.1) is 10.2 Å². The number of thioether (sulfide) groups is 1. The summed E-state index contributed by atoms with van der Waals surface area (Å²) in [6.45, 7) is 13.5. The summed E-state index contributed by atoms with van der Waals surface area (Å²) in [6.07, 6.45) is 0. The smallest absolute Gasteiger partial charge is 0.234 e. The van der Waals surface area contributed by atoms with Crippen molar-refractivity contribution < 1.29 is 4.79 Å². The molecule has 1 N–H and O–H groups in total. The number of rotatable bonds is 8. The lowest BCUT2D eigenvalue weighted by Gasteiger charge is -2.20. The SMILES string of the molecule is CCn1c(SCC(=O)Nc2c(C(C)C)cccc2C(C)C)nnc1-c1cccc(C)c1. The summed E-state index contributed by atoms with van der Waals surface area (Å²) in [7, 11) is 0. The van der Waals surface area contributed by atoms with E-state index in [0.29, 0.717) is 11.8 Å². The first kappa shape index (κ1) is 23.1. The monoisotopic (exact) mass is 436 g/mol. The molecule has 0 aliphatic carbocycles. The minimum absolute atomic E-state index is 0.0252. The van der Waals surface area contributed by atoms with Gasteiger partial charge < -0.3 is 9.88 Å². The topological polar surface area (TPSA) is 59.8 Å². The normalized spacial score (nSPS) is 11.4. The lowest BCUT2D eigenvalue weighted by atomic mass is 9.92. The van der Waals surface area contributed by atoms with Gasteiger partial charge in [0.15, 0.2) is 11.0 Å². The van der Waals surface area contributed by atoms with Crippen molar-refractivity contribution in [2.24, 2.45) is 0 Å². The van der Waals surface area contributed by atoms with Crippen molar-refractivity contribution in [3.8, 4) is 11.4 Å². The number of nitrogens with one attached hydrogen (secondary N) is 1. The second-order valence-corrected chi connectivity index (χ2v) is 9.32. The average molecular weight is 437 g/mol. The summed E-state index contributed by atoms with van der Waals surface area (Å²) in [5.74, 6) is 1.77. The number of para-hydroxylation sites is 1. The standard InChI is InChI=1S/C25H32N4OS/c1-7-29-24(19-11-8-10-18(6)14-19)27-28-25(29)31-15-22(30)26-23-20(16(2)3)12-9-13-21(23)17(4)5/h8-14,16-17H,7,15H2,1-6H3,(H,26,30). The quantitative estimate of drug-likeness (QED) is 0.424. The van der Waals surface area contributed by atoms with Gasteiger partial charge in [-0.3, -0.25) is 4.79 Å². The molecule has 6 heteroatoms. The summed E-state index contributed by atoms with van der Waals surface area (Å²) < 4.78 is 2.06. The lowest BCUT2D eigenvalue weighted by Crippen LogP contribution is -2.18. The third-order valence-electron chi connectivity index (χ3n) is 5.28. The zero-order valence-electron chi connectivity index (χ0n) is 19.3. The van der Waals surface area contributed by atoms with Crippen molar-refractivity contribution in [3.05, 3.63) is 59.2 Å². The van der Waals surface area contributed by atoms with Crippen LogP contribution in [0.2, 0.25) is 0 Å². The van der Waals surface area contributed by atoms with Gasteiger partial charge in [0.25, 0.3) is 0 Å². The lowest BCUT2D eigenvalue weighted by molar-refractivity contribution is -0.113. The van der Waals surface area contributed by atoms with E-state index in [0.717, 1.165) is 28.8 Å². The van der Waals surface area contributed by atoms with Gasteiger partial charge in [0.05, 0.1) is 5.75 Å². The van der Waals surface area contributed by atoms with Crippen LogP contribution in [0.5, 0.6) is 0 Å². The Kier molecular flexibility index (Phi) is 7.55. The van der Waals surface area contributed by atoms with Crippen LogP contribution in [0.3, 0.4) is 0 Å². The first-order chi connectivity index (χ1) is 14.8. The molecular formula is C25H32N4OS. The van der Waals surface area contributed by atoms with Gasteiger partial charge in [-0.25, -0.2) is 0 Å². The summed E-state index contributed by atoms with van der Waals surface area (Å²) >= 11 is 1.42. The predicted octanol–water partition coefficient (Wildman–Crippen LogP) is 6.25. The van der Waals surface area contributed by atoms with Crippen LogP contribution in [-0.2, 0) is 11.3 Å². The maximum absolute atomic E-state index is 12.9. The molecule has 0 fully saturated rings. The Morgan fingerprint density at radius 3 is 2.26 bits per heavy atom. The number of anilines is 1. The molecule has 164 valence electrons. The van der Waals surface area contributed by atoms with Gasteiger partial charge in [0.1, 0.15) is 0 Å². The van der Waals surface area contributed by atoms with Crippen molar-refractivity contribution in [1.29, 1.82) is 0 Å². The second kappa shape index (κ2) is 10.1. The Morgan fingerprint density at radius 2 is 1.68 bits per heavy atom. The molecule has 0 aliphatic heterocycles. The first-order valence-electron chi connectivity index (χ1n) is 10.9. The third kappa shape index (κ3) is 5.37. The molecule has 1 aromatic heterocycles. The highest BCUT2D eigenvalue weighted by molar-refractivity contribution is 7.99. The molecule has 3 rings (SSSR count). The fourth-order valence-corrected chi connectivity index (χ4v) is 4.48. The van der Waals surface area contributed by atoms with E-state index in [1.807, 2.05) is 12.1 Å². The fraction of sp³-hybridized carbons (Fsp3) is 0.400. The van der Waals surface area contributed by atoms with Crippen molar-refractivity contribution >= 4 is 23.4 Å². The number of carbonyl (C=O) groups excluding carboxylic acids is 1. The minimum atomic E-state index is -0.0252. The fourth-order valence-electron chi connectivity index (χ4n) is 3.68. The Bertz CT molecular complexity index is 1030. The number of nitrogens with zero attached hydrogens (tertiary/aromatic N) is 3. The summed E-state index contributed by atoms with van der Waals surface area (Å²) in [5, 5.41) is 12.7.